The molecule has 0 unspecified atom stereocenters. The fraction of sp³-hybridized carbons (Fsp3) is 0.786. The average Bonchev–Trinajstić information content (AvgIpc) is 2.79. The van der Waals surface area contributed by atoms with E-state index >= 15 is 0 Å². The van der Waals surface area contributed by atoms with Gasteiger partial charge in [0.05, 0.1) is 5.69 Å². The van der Waals surface area contributed by atoms with Crippen LogP contribution in [0.15, 0.2) is 12.3 Å². The van der Waals surface area contributed by atoms with Gasteiger partial charge in [0.2, 0.25) is 0 Å². The van der Waals surface area contributed by atoms with Crippen molar-refractivity contribution in [3.8, 4) is 0 Å². The normalized spacial score (nSPS) is 19.8. The molecule has 0 spiro atoms. The lowest BCUT2D eigenvalue weighted by molar-refractivity contribution is 0.0812. The van der Waals surface area contributed by atoms with Crippen molar-refractivity contribution in [1.29, 1.82) is 0 Å². The summed E-state index contributed by atoms with van der Waals surface area (Å²) in [5.41, 5.74) is 1.24. The molecule has 3 nitrogen and oxygen atoms in total. The maximum Gasteiger partial charge on any atom is 0.0631 e. The second kappa shape index (κ2) is 5.21. The van der Waals surface area contributed by atoms with E-state index in [1.807, 2.05) is 10.9 Å². The molecule has 0 bridgehead atoms. The SMILES string of the molecule is CC(C)n1ccc(CC2(CO)CCCCC2)n1. The van der Waals surface area contributed by atoms with Gasteiger partial charge >= 0.3 is 0 Å². The molecule has 0 aromatic carbocycles. The molecule has 1 aliphatic carbocycles. The van der Waals surface area contributed by atoms with Crippen LogP contribution in [0.1, 0.15) is 57.7 Å². The van der Waals surface area contributed by atoms with Crippen LogP contribution in [0.2, 0.25) is 0 Å². The van der Waals surface area contributed by atoms with Gasteiger partial charge in [-0.3, -0.25) is 4.68 Å². The summed E-state index contributed by atoms with van der Waals surface area (Å²) in [6.45, 7) is 4.58. The molecule has 1 heterocycles. The Kier molecular flexibility index (Phi) is 3.87. The van der Waals surface area contributed by atoms with E-state index in [4.69, 9.17) is 0 Å². The number of rotatable bonds is 4. The summed E-state index contributed by atoms with van der Waals surface area (Å²) in [6.07, 6.45) is 9.12. The summed E-state index contributed by atoms with van der Waals surface area (Å²) in [4.78, 5) is 0. The number of aliphatic hydroxyl groups excluding tert-OH is 1. The Bertz CT molecular complexity index is 351. The molecule has 2 rings (SSSR count). The highest BCUT2D eigenvalue weighted by molar-refractivity contribution is 5.04. The minimum absolute atomic E-state index is 0.106. The van der Waals surface area contributed by atoms with E-state index in [-0.39, 0.29) is 5.41 Å². The molecule has 0 amide bonds. The van der Waals surface area contributed by atoms with E-state index in [1.165, 1.54) is 19.3 Å². The van der Waals surface area contributed by atoms with Gasteiger partial charge < -0.3 is 5.11 Å². The molecule has 1 N–H and O–H groups in total. The van der Waals surface area contributed by atoms with Crippen LogP contribution in [-0.4, -0.2) is 21.5 Å². The quantitative estimate of drug-likeness (QED) is 0.872. The molecular formula is C14H24N2O. The van der Waals surface area contributed by atoms with Crippen LogP contribution in [0.25, 0.3) is 0 Å². The molecule has 0 radical (unpaired) electrons. The van der Waals surface area contributed by atoms with E-state index in [2.05, 4.69) is 25.0 Å². The number of hydrogen-bond donors (Lipinski definition) is 1. The predicted molar refractivity (Wildman–Crippen MR) is 68.9 cm³/mol. The lowest BCUT2D eigenvalue weighted by Gasteiger charge is -2.35. The van der Waals surface area contributed by atoms with Crippen LogP contribution in [0.3, 0.4) is 0 Å². The van der Waals surface area contributed by atoms with E-state index in [1.54, 1.807) is 0 Å². The van der Waals surface area contributed by atoms with Crippen molar-refractivity contribution < 1.29 is 5.11 Å². The second-order valence-electron chi connectivity index (χ2n) is 5.78. The van der Waals surface area contributed by atoms with Crippen LogP contribution >= 0.6 is 0 Å². The Labute approximate surface area is 104 Å². The highest BCUT2D eigenvalue weighted by atomic mass is 16.3. The summed E-state index contributed by atoms with van der Waals surface area (Å²) in [7, 11) is 0. The number of aromatic nitrogens is 2. The summed E-state index contributed by atoms with van der Waals surface area (Å²) in [5, 5.41) is 14.3. The molecule has 0 aliphatic heterocycles. The van der Waals surface area contributed by atoms with Crippen molar-refractivity contribution in [3.63, 3.8) is 0 Å². The molecule has 17 heavy (non-hydrogen) atoms. The molecule has 1 fully saturated rings. The van der Waals surface area contributed by atoms with Crippen molar-refractivity contribution in [2.45, 2.75) is 58.4 Å². The number of nitrogens with zero attached hydrogens (tertiary/aromatic N) is 2. The van der Waals surface area contributed by atoms with Crippen LogP contribution in [0.4, 0.5) is 0 Å². The first-order valence-corrected chi connectivity index (χ1v) is 6.80. The minimum Gasteiger partial charge on any atom is -0.396 e. The summed E-state index contributed by atoms with van der Waals surface area (Å²) in [6, 6.07) is 2.52. The smallest absolute Gasteiger partial charge is 0.0631 e. The Morgan fingerprint density at radius 1 is 1.35 bits per heavy atom. The van der Waals surface area contributed by atoms with Crippen LogP contribution in [0.5, 0.6) is 0 Å². The van der Waals surface area contributed by atoms with Gasteiger partial charge in [-0.05, 0) is 44.6 Å². The Hall–Kier alpha value is -0.830. The van der Waals surface area contributed by atoms with Crippen LogP contribution < -0.4 is 0 Å². The van der Waals surface area contributed by atoms with Gasteiger partial charge in [-0.2, -0.15) is 5.10 Å². The lowest BCUT2D eigenvalue weighted by atomic mass is 9.72. The standard InChI is InChI=1S/C14H24N2O/c1-12(2)16-9-6-13(15-16)10-14(11-17)7-4-3-5-8-14/h6,9,12,17H,3-5,7-8,10-11H2,1-2H3. The first-order chi connectivity index (χ1) is 8.15. The van der Waals surface area contributed by atoms with Crippen LogP contribution in [-0.2, 0) is 6.42 Å². The van der Waals surface area contributed by atoms with Gasteiger partial charge in [0.25, 0.3) is 0 Å². The third kappa shape index (κ3) is 2.89. The molecule has 0 saturated heterocycles. The molecule has 1 saturated carbocycles. The van der Waals surface area contributed by atoms with E-state index < -0.39 is 0 Å². The van der Waals surface area contributed by atoms with Gasteiger partial charge in [-0.25, -0.2) is 0 Å². The molecule has 3 heteroatoms. The van der Waals surface area contributed by atoms with Crippen molar-refractivity contribution in [2.24, 2.45) is 5.41 Å². The maximum absolute atomic E-state index is 9.68. The molecule has 96 valence electrons. The Morgan fingerprint density at radius 2 is 2.06 bits per heavy atom. The number of hydrogen-bond acceptors (Lipinski definition) is 2. The maximum atomic E-state index is 9.68. The first kappa shape index (κ1) is 12.6. The monoisotopic (exact) mass is 236 g/mol. The summed E-state index contributed by atoms with van der Waals surface area (Å²) in [5.74, 6) is 0. The fourth-order valence-corrected chi connectivity index (χ4v) is 2.84. The second-order valence-corrected chi connectivity index (χ2v) is 5.78. The molecule has 1 aromatic rings. The van der Waals surface area contributed by atoms with Gasteiger partial charge in [0.15, 0.2) is 0 Å². The van der Waals surface area contributed by atoms with E-state index in [0.717, 1.165) is 25.0 Å². The highest BCUT2D eigenvalue weighted by Gasteiger charge is 2.32. The van der Waals surface area contributed by atoms with E-state index in [9.17, 15) is 5.11 Å². The van der Waals surface area contributed by atoms with E-state index in [0.29, 0.717) is 12.6 Å². The third-order valence-corrected chi connectivity index (χ3v) is 4.00. The molecule has 1 aromatic heterocycles. The zero-order valence-corrected chi connectivity index (χ0v) is 11.0. The fourth-order valence-electron chi connectivity index (χ4n) is 2.84. The average molecular weight is 236 g/mol. The number of aliphatic hydroxyl groups is 1. The predicted octanol–water partition coefficient (Wildman–Crippen LogP) is 2.95. The van der Waals surface area contributed by atoms with Crippen molar-refractivity contribution in [2.75, 3.05) is 6.61 Å². The van der Waals surface area contributed by atoms with Crippen molar-refractivity contribution in [1.82, 2.24) is 9.78 Å². The van der Waals surface area contributed by atoms with Gasteiger partial charge in [0.1, 0.15) is 0 Å². The van der Waals surface area contributed by atoms with Crippen molar-refractivity contribution in [3.05, 3.63) is 18.0 Å². The zero-order valence-electron chi connectivity index (χ0n) is 11.0. The Balaban J connectivity index is 2.06. The zero-order chi connectivity index (χ0) is 12.3. The third-order valence-electron chi connectivity index (χ3n) is 4.00. The lowest BCUT2D eigenvalue weighted by Crippen LogP contribution is -2.31. The van der Waals surface area contributed by atoms with Gasteiger partial charge in [-0.15, -0.1) is 0 Å². The minimum atomic E-state index is 0.106. The summed E-state index contributed by atoms with van der Waals surface area (Å²) >= 11 is 0. The summed E-state index contributed by atoms with van der Waals surface area (Å²) < 4.78 is 2.00. The molecular weight excluding hydrogens is 212 g/mol. The largest absolute Gasteiger partial charge is 0.396 e. The Morgan fingerprint density at radius 3 is 2.59 bits per heavy atom. The molecule has 1 aliphatic rings. The first-order valence-electron chi connectivity index (χ1n) is 6.80. The van der Waals surface area contributed by atoms with Gasteiger partial charge in [0, 0.05) is 18.8 Å². The van der Waals surface area contributed by atoms with Crippen LogP contribution in [0, 0.1) is 5.41 Å². The molecule has 0 atom stereocenters. The van der Waals surface area contributed by atoms with Gasteiger partial charge in [-0.1, -0.05) is 19.3 Å². The topological polar surface area (TPSA) is 38.0 Å². The van der Waals surface area contributed by atoms with Crippen molar-refractivity contribution >= 4 is 0 Å². The highest BCUT2D eigenvalue weighted by Crippen LogP contribution is 2.38.